The highest BCUT2D eigenvalue weighted by Gasteiger charge is 2.27. The predicted molar refractivity (Wildman–Crippen MR) is 84.9 cm³/mol. The van der Waals surface area contributed by atoms with Gasteiger partial charge in [0, 0.05) is 0 Å². The summed E-state index contributed by atoms with van der Waals surface area (Å²) in [5, 5.41) is 0. The molecule has 0 aromatic rings. The van der Waals surface area contributed by atoms with E-state index in [1.54, 1.807) is 13.8 Å². The van der Waals surface area contributed by atoms with Crippen LogP contribution in [0.15, 0.2) is 0 Å². The van der Waals surface area contributed by atoms with E-state index in [4.69, 9.17) is 18.9 Å². The summed E-state index contributed by atoms with van der Waals surface area (Å²) in [7, 11) is 0. The normalized spacial score (nSPS) is 15.6. The van der Waals surface area contributed by atoms with Crippen molar-refractivity contribution in [2.75, 3.05) is 20.0 Å². The topological polar surface area (TPSA) is 88.1 Å². The van der Waals surface area contributed by atoms with Crippen molar-refractivity contribution in [3.05, 3.63) is 0 Å². The maximum absolute atomic E-state index is 11.7. The zero-order valence-electron chi connectivity index (χ0n) is 14.8. The number of rotatable bonds is 9. The Balaban J connectivity index is 2.10. The lowest BCUT2D eigenvalue weighted by molar-refractivity contribution is -0.174. The minimum Gasteiger partial charge on any atom is -0.453 e. The first-order chi connectivity index (χ1) is 11.3. The van der Waals surface area contributed by atoms with Crippen LogP contribution in [0.1, 0.15) is 59.3 Å². The average Bonchev–Trinajstić information content (AvgIpc) is 2.58. The van der Waals surface area contributed by atoms with Gasteiger partial charge >= 0.3 is 17.9 Å². The van der Waals surface area contributed by atoms with Gasteiger partial charge in [-0.1, -0.05) is 26.2 Å². The molecule has 0 saturated heterocycles. The molecule has 0 aliphatic heterocycles. The average molecular weight is 344 g/mol. The third-order valence-electron chi connectivity index (χ3n) is 4.18. The van der Waals surface area contributed by atoms with Crippen LogP contribution in [0.4, 0.5) is 0 Å². The van der Waals surface area contributed by atoms with Crippen molar-refractivity contribution in [3.8, 4) is 0 Å². The minimum absolute atomic E-state index is 0.135. The molecule has 0 unspecified atom stereocenters. The fraction of sp³-hybridized carbons (Fsp3) is 0.824. The Labute approximate surface area is 143 Å². The Morgan fingerprint density at radius 2 is 1.50 bits per heavy atom. The van der Waals surface area contributed by atoms with Gasteiger partial charge < -0.3 is 18.9 Å². The summed E-state index contributed by atoms with van der Waals surface area (Å²) in [6.45, 7) is 4.12. The second kappa shape index (κ2) is 10.3. The van der Waals surface area contributed by atoms with Gasteiger partial charge in [0.2, 0.25) is 0 Å². The van der Waals surface area contributed by atoms with Crippen molar-refractivity contribution >= 4 is 17.9 Å². The van der Waals surface area contributed by atoms with Gasteiger partial charge in [-0.3, -0.25) is 4.79 Å². The van der Waals surface area contributed by atoms with Gasteiger partial charge in [-0.25, -0.2) is 9.59 Å². The zero-order chi connectivity index (χ0) is 18.0. The summed E-state index contributed by atoms with van der Waals surface area (Å²) >= 11 is 0. The van der Waals surface area contributed by atoms with Crippen LogP contribution < -0.4 is 0 Å². The highest BCUT2D eigenvalue weighted by atomic mass is 16.7. The summed E-state index contributed by atoms with van der Waals surface area (Å²) < 4.78 is 19.8. The molecule has 1 aliphatic rings. The lowest BCUT2D eigenvalue weighted by Gasteiger charge is -2.21. The summed E-state index contributed by atoms with van der Waals surface area (Å²) in [6, 6.07) is 0. The molecular weight excluding hydrogens is 316 g/mol. The van der Waals surface area contributed by atoms with Gasteiger partial charge in [-0.05, 0) is 33.1 Å². The van der Waals surface area contributed by atoms with Gasteiger partial charge in [0.05, 0.1) is 11.5 Å². The monoisotopic (exact) mass is 344 g/mol. The summed E-state index contributed by atoms with van der Waals surface area (Å²) in [4.78, 5) is 34.6. The fourth-order valence-electron chi connectivity index (χ4n) is 2.11. The first kappa shape index (κ1) is 20.4. The molecule has 0 N–H and O–H groups in total. The molecule has 24 heavy (non-hydrogen) atoms. The lowest BCUT2D eigenvalue weighted by Crippen LogP contribution is -2.29. The van der Waals surface area contributed by atoms with E-state index in [0.717, 1.165) is 25.7 Å². The van der Waals surface area contributed by atoms with E-state index in [1.165, 1.54) is 6.42 Å². The van der Waals surface area contributed by atoms with Crippen LogP contribution in [0, 0.1) is 5.41 Å². The second-order valence-electron chi connectivity index (χ2n) is 6.54. The third-order valence-corrected chi connectivity index (χ3v) is 4.18. The summed E-state index contributed by atoms with van der Waals surface area (Å²) in [5.41, 5.74) is -0.657. The first-order valence-electron chi connectivity index (χ1n) is 8.45. The van der Waals surface area contributed by atoms with Crippen LogP contribution in [0.25, 0.3) is 0 Å². The van der Waals surface area contributed by atoms with Gasteiger partial charge in [-0.15, -0.1) is 0 Å². The Kier molecular flexibility index (Phi) is 8.74. The molecule has 1 fully saturated rings. The highest BCUT2D eigenvalue weighted by Crippen LogP contribution is 2.21. The number of ether oxygens (including phenoxy) is 4. The number of esters is 3. The molecule has 0 amide bonds. The lowest BCUT2D eigenvalue weighted by atomic mass is 9.91. The Morgan fingerprint density at radius 1 is 0.917 bits per heavy atom. The maximum atomic E-state index is 11.7. The van der Waals surface area contributed by atoms with Crippen LogP contribution in [-0.4, -0.2) is 44.0 Å². The fourth-order valence-corrected chi connectivity index (χ4v) is 2.11. The Morgan fingerprint density at radius 3 is 2.12 bits per heavy atom. The standard InChI is InChI=1S/C17H28O7/c1-4-17(2,3)16(20)22-11-14(18)21-10-15(19)24-12-23-13-8-6-5-7-9-13/h13H,4-12H2,1-3H3. The van der Waals surface area contributed by atoms with Crippen LogP contribution in [-0.2, 0) is 33.3 Å². The molecule has 138 valence electrons. The molecule has 0 aromatic carbocycles. The molecule has 0 aromatic heterocycles. The van der Waals surface area contributed by atoms with Gasteiger partial charge in [0.25, 0.3) is 0 Å². The number of hydrogen-bond acceptors (Lipinski definition) is 7. The van der Waals surface area contributed by atoms with E-state index in [9.17, 15) is 14.4 Å². The molecule has 0 atom stereocenters. The molecule has 1 rings (SSSR count). The molecule has 0 bridgehead atoms. The van der Waals surface area contributed by atoms with Crippen molar-refractivity contribution in [1.82, 2.24) is 0 Å². The van der Waals surface area contributed by atoms with E-state index in [2.05, 4.69) is 0 Å². The van der Waals surface area contributed by atoms with Gasteiger partial charge in [0.15, 0.2) is 20.0 Å². The Hall–Kier alpha value is -1.63. The molecular formula is C17H28O7. The van der Waals surface area contributed by atoms with Crippen LogP contribution in [0.5, 0.6) is 0 Å². The SMILES string of the molecule is CCC(C)(C)C(=O)OCC(=O)OCC(=O)OCOC1CCCCC1. The molecule has 0 heterocycles. The third kappa shape index (κ3) is 7.77. The van der Waals surface area contributed by atoms with E-state index >= 15 is 0 Å². The summed E-state index contributed by atoms with van der Waals surface area (Å²) in [6.07, 6.45) is 6.16. The summed E-state index contributed by atoms with van der Waals surface area (Å²) in [5.74, 6) is -1.97. The van der Waals surface area contributed by atoms with Crippen LogP contribution in [0.2, 0.25) is 0 Å². The number of hydrogen-bond donors (Lipinski definition) is 0. The molecule has 7 nitrogen and oxygen atoms in total. The van der Waals surface area contributed by atoms with Crippen molar-refractivity contribution in [1.29, 1.82) is 0 Å². The van der Waals surface area contributed by atoms with E-state index < -0.39 is 36.5 Å². The highest BCUT2D eigenvalue weighted by molar-refractivity contribution is 5.81. The Bertz CT molecular complexity index is 425. The predicted octanol–water partition coefficient (Wildman–Crippen LogP) is 2.36. The number of carbonyl (C=O) groups is 3. The van der Waals surface area contributed by atoms with Gasteiger partial charge in [0.1, 0.15) is 0 Å². The van der Waals surface area contributed by atoms with E-state index in [1.807, 2.05) is 6.92 Å². The minimum atomic E-state index is -0.791. The smallest absolute Gasteiger partial charge is 0.346 e. The first-order valence-corrected chi connectivity index (χ1v) is 8.45. The molecule has 7 heteroatoms. The molecule has 1 aliphatic carbocycles. The van der Waals surface area contributed by atoms with Crippen LogP contribution >= 0.6 is 0 Å². The van der Waals surface area contributed by atoms with E-state index in [-0.39, 0.29) is 12.9 Å². The molecule has 0 spiro atoms. The second-order valence-corrected chi connectivity index (χ2v) is 6.54. The maximum Gasteiger partial charge on any atom is 0.346 e. The zero-order valence-corrected chi connectivity index (χ0v) is 14.8. The largest absolute Gasteiger partial charge is 0.453 e. The van der Waals surface area contributed by atoms with E-state index in [0.29, 0.717) is 6.42 Å². The van der Waals surface area contributed by atoms with Crippen LogP contribution in [0.3, 0.4) is 0 Å². The number of carbonyl (C=O) groups excluding carboxylic acids is 3. The van der Waals surface area contributed by atoms with Gasteiger partial charge in [-0.2, -0.15) is 0 Å². The van der Waals surface area contributed by atoms with Crippen molar-refractivity contribution in [2.24, 2.45) is 5.41 Å². The molecule has 0 radical (unpaired) electrons. The quantitative estimate of drug-likeness (QED) is 0.360. The van der Waals surface area contributed by atoms with Crippen molar-refractivity contribution < 1.29 is 33.3 Å². The molecule has 1 saturated carbocycles. The van der Waals surface area contributed by atoms with Crippen molar-refractivity contribution in [3.63, 3.8) is 0 Å². The van der Waals surface area contributed by atoms with Crippen molar-refractivity contribution in [2.45, 2.75) is 65.4 Å².